The van der Waals surface area contributed by atoms with E-state index in [4.69, 9.17) is 11.6 Å². The van der Waals surface area contributed by atoms with Crippen molar-refractivity contribution in [3.63, 3.8) is 0 Å². The van der Waals surface area contributed by atoms with Crippen LogP contribution in [0.5, 0.6) is 0 Å². The summed E-state index contributed by atoms with van der Waals surface area (Å²) in [5.41, 5.74) is 1.06. The highest BCUT2D eigenvalue weighted by atomic mass is 35.5. The maximum Gasteiger partial charge on any atom is 0.264 e. The minimum atomic E-state index is -3.70. The lowest BCUT2D eigenvalue weighted by Gasteiger charge is -2.31. The van der Waals surface area contributed by atoms with E-state index < -0.39 is 10.0 Å². The van der Waals surface area contributed by atoms with E-state index in [1.165, 1.54) is 29.9 Å². The Balaban J connectivity index is 1.76. The van der Waals surface area contributed by atoms with Crippen LogP contribution in [-0.4, -0.2) is 39.4 Å². The molecule has 5 nitrogen and oxygen atoms in total. The van der Waals surface area contributed by atoms with E-state index >= 15 is 0 Å². The molecule has 150 valence electrons. The molecule has 0 aliphatic heterocycles. The summed E-state index contributed by atoms with van der Waals surface area (Å²) in [6, 6.07) is 13.0. The Morgan fingerprint density at radius 2 is 1.50 bits per heavy atom. The molecule has 28 heavy (non-hydrogen) atoms. The van der Waals surface area contributed by atoms with Crippen molar-refractivity contribution in [1.82, 2.24) is 4.90 Å². The summed E-state index contributed by atoms with van der Waals surface area (Å²) in [6.45, 7) is 0. The predicted octanol–water partition coefficient (Wildman–Crippen LogP) is 4.57. The first-order chi connectivity index (χ1) is 13.3. The van der Waals surface area contributed by atoms with E-state index in [0.717, 1.165) is 25.7 Å². The molecule has 1 saturated carbocycles. The van der Waals surface area contributed by atoms with Crippen LogP contribution in [0.15, 0.2) is 53.4 Å². The summed E-state index contributed by atoms with van der Waals surface area (Å²) in [4.78, 5) is 14.7. The largest absolute Gasteiger partial charge is 0.339 e. The third-order valence-electron chi connectivity index (χ3n) is 5.39. The topological polar surface area (TPSA) is 57.7 Å². The molecule has 1 amide bonds. The van der Waals surface area contributed by atoms with E-state index in [1.54, 1.807) is 36.4 Å². The van der Waals surface area contributed by atoms with E-state index in [9.17, 15) is 13.2 Å². The number of hydrogen-bond donors (Lipinski definition) is 0. The zero-order chi connectivity index (χ0) is 20.3. The Labute approximate surface area is 172 Å². The number of benzene rings is 2. The normalized spacial score (nSPS) is 15.2. The smallest absolute Gasteiger partial charge is 0.264 e. The van der Waals surface area contributed by atoms with E-state index in [1.807, 2.05) is 11.9 Å². The average Bonchev–Trinajstić information content (AvgIpc) is 2.73. The van der Waals surface area contributed by atoms with Crippen LogP contribution in [0, 0.1) is 0 Å². The van der Waals surface area contributed by atoms with Crippen molar-refractivity contribution in [1.29, 1.82) is 0 Å². The van der Waals surface area contributed by atoms with Crippen LogP contribution in [0.1, 0.15) is 42.5 Å². The number of sulfonamides is 1. The van der Waals surface area contributed by atoms with Gasteiger partial charge in [-0.05, 0) is 61.4 Å². The second kappa shape index (κ2) is 8.53. The molecule has 0 radical (unpaired) electrons. The molecule has 0 bridgehead atoms. The summed E-state index contributed by atoms with van der Waals surface area (Å²) >= 11 is 5.84. The van der Waals surface area contributed by atoms with Crippen molar-refractivity contribution in [3.8, 4) is 0 Å². The number of hydrogen-bond acceptors (Lipinski definition) is 3. The van der Waals surface area contributed by atoms with Crippen molar-refractivity contribution in [2.75, 3.05) is 18.4 Å². The van der Waals surface area contributed by atoms with Gasteiger partial charge >= 0.3 is 0 Å². The molecular weight excluding hydrogens is 396 g/mol. The molecule has 0 spiro atoms. The number of carbonyl (C=O) groups excluding carboxylic acids is 1. The lowest BCUT2D eigenvalue weighted by Crippen LogP contribution is -2.38. The van der Waals surface area contributed by atoms with Gasteiger partial charge in [-0.25, -0.2) is 8.42 Å². The molecule has 3 rings (SSSR count). The highest BCUT2D eigenvalue weighted by Crippen LogP contribution is 2.25. The second-order valence-corrected chi connectivity index (χ2v) is 9.59. The molecular formula is C21H25ClN2O3S. The van der Waals surface area contributed by atoms with Crippen molar-refractivity contribution >= 4 is 33.2 Å². The van der Waals surface area contributed by atoms with Crippen LogP contribution >= 0.6 is 11.6 Å². The predicted molar refractivity (Wildman–Crippen MR) is 112 cm³/mol. The van der Waals surface area contributed by atoms with Gasteiger partial charge in [-0.1, -0.05) is 30.9 Å². The maximum absolute atomic E-state index is 12.8. The highest BCUT2D eigenvalue weighted by molar-refractivity contribution is 7.92. The molecule has 0 atom stereocenters. The molecule has 2 aromatic carbocycles. The first-order valence-corrected chi connectivity index (χ1v) is 11.2. The number of carbonyl (C=O) groups is 1. The Hall–Kier alpha value is -2.05. The van der Waals surface area contributed by atoms with Gasteiger partial charge in [0, 0.05) is 30.7 Å². The quantitative estimate of drug-likeness (QED) is 0.711. The molecule has 0 saturated heterocycles. The van der Waals surface area contributed by atoms with E-state index in [0.29, 0.717) is 16.3 Å². The zero-order valence-corrected chi connectivity index (χ0v) is 17.7. The van der Waals surface area contributed by atoms with Crippen molar-refractivity contribution < 1.29 is 13.2 Å². The van der Waals surface area contributed by atoms with Gasteiger partial charge in [0.2, 0.25) is 0 Å². The van der Waals surface area contributed by atoms with Crippen molar-refractivity contribution in [2.45, 2.75) is 43.0 Å². The SMILES string of the molecule is CN(C(=O)c1ccc(N(C)S(=O)(=O)c2ccc(Cl)cc2)cc1)C1CCCCC1. The molecule has 1 aliphatic carbocycles. The fraction of sp³-hybridized carbons (Fsp3) is 0.381. The van der Waals surface area contributed by atoms with Gasteiger partial charge in [-0.2, -0.15) is 0 Å². The number of rotatable bonds is 5. The fourth-order valence-corrected chi connectivity index (χ4v) is 4.88. The molecule has 1 fully saturated rings. The number of nitrogens with zero attached hydrogens (tertiary/aromatic N) is 2. The van der Waals surface area contributed by atoms with Crippen LogP contribution in [0.2, 0.25) is 5.02 Å². The summed E-state index contributed by atoms with van der Waals surface area (Å²) in [5.74, 6) is -0.0262. The molecule has 0 unspecified atom stereocenters. The van der Waals surface area contributed by atoms with Gasteiger partial charge in [0.25, 0.3) is 15.9 Å². The van der Waals surface area contributed by atoms with Crippen LogP contribution < -0.4 is 4.31 Å². The van der Waals surface area contributed by atoms with Crippen LogP contribution in [0.4, 0.5) is 5.69 Å². The Morgan fingerprint density at radius 1 is 0.929 bits per heavy atom. The first kappa shape index (κ1) is 20.7. The second-order valence-electron chi connectivity index (χ2n) is 7.18. The minimum Gasteiger partial charge on any atom is -0.339 e. The van der Waals surface area contributed by atoms with Gasteiger partial charge in [0.1, 0.15) is 0 Å². The summed E-state index contributed by atoms with van der Waals surface area (Å²) < 4.78 is 26.8. The van der Waals surface area contributed by atoms with E-state index in [2.05, 4.69) is 0 Å². The minimum absolute atomic E-state index is 0.0262. The average molecular weight is 421 g/mol. The summed E-state index contributed by atoms with van der Waals surface area (Å²) in [6.07, 6.45) is 5.65. The standard InChI is InChI=1S/C21H25ClN2O3S/c1-23(18-6-4-3-5-7-18)21(25)16-8-12-19(13-9-16)24(2)28(26,27)20-14-10-17(22)11-15-20/h8-15,18H,3-7H2,1-2H3. The monoisotopic (exact) mass is 420 g/mol. The van der Waals surface area contributed by atoms with Gasteiger partial charge in [0.15, 0.2) is 0 Å². The van der Waals surface area contributed by atoms with Gasteiger partial charge in [-0.3, -0.25) is 9.10 Å². The number of anilines is 1. The summed E-state index contributed by atoms with van der Waals surface area (Å²) in [7, 11) is -0.351. The molecule has 0 N–H and O–H groups in total. The fourth-order valence-electron chi connectivity index (χ4n) is 3.56. The van der Waals surface area contributed by atoms with Crippen molar-refractivity contribution in [2.24, 2.45) is 0 Å². The number of amides is 1. The third-order valence-corrected chi connectivity index (χ3v) is 7.44. The molecule has 1 aliphatic rings. The van der Waals surface area contributed by atoms with Gasteiger partial charge in [-0.15, -0.1) is 0 Å². The highest BCUT2D eigenvalue weighted by Gasteiger charge is 2.24. The van der Waals surface area contributed by atoms with Gasteiger partial charge in [0.05, 0.1) is 10.6 Å². The number of halogens is 1. The van der Waals surface area contributed by atoms with Gasteiger partial charge < -0.3 is 4.90 Å². The van der Waals surface area contributed by atoms with Crippen LogP contribution in [0.3, 0.4) is 0 Å². The Morgan fingerprint density at radius 3 is 2.07 bits per heavy atom. The Kier molecular flexibility index (Phi) is 6.30. The van der Waals surface area contributed by atoms with Crippen LogP contribution in [-0.2, 0) is 10.0 Å². The molecule has 0 heterocycles. The maximum atomic E-state index is 12.8. The van der Waals surface area contributed by atoms with E-state index in [-0.39, 0.29) is 16.8 Å². The zero-order valence-electron chi connectivity index (χ0n) is 16.1. The molecule has 7 heteroatoms. The molecule has 2 aromatic rings. The van der Waals surface area contributed by atoms with Crippen LogP contribution in [0.25, 0.3) is 0 Å². The third kappa shape index (κ3) is 4.33. The Bertz CT molecular complexity index is 921. The lowest BCUT2D eigenvalue weighted by atomic mass is 9.94. The summed E-state index contributed by atoms with van der Waals surface area (Å²) in [5, 5.41) is 0.478. The van der Waals surface area contributed by atoms with Crippen molar-refractivity contribution in [3.05, 3.63) is 59.1 Å². The first-order valence-electron chi connectivity index (χ1n) is 9.42. The molecule has 0 aromatic heterocycles. The lowest BCUT2D eigenvalue weighted by molar-refractivity contribution is 0.0696.